The summed E-state index contributed by atoms with van der Waals surface area (Å²) in [4.78, 5) is 36.8. The maximum Gasteiger partial charge on any atom is 0.407 e. The molecule has 4 aromatic rings. The molecule has 0 spiro atoms. The van der Waals surface area contributed by atoms with Gasteiger partial charge in [0, 0.05) is 12.1 Å². The van der Waals surface area contributed by atoms with Crippen LogP contribution in [-0.2, 0) is 27.4 Å². The summed E-state index contributed by atoms with van der Waals surface area (Å²) in [6.45, 7) is 0.725. The van der Waals surface area contributed by atoms with E-state index < -0.39 is 30.4 Å². The first-order chi connectivity index (χ1) is 19.0. The largest absolute Gasteiger partial charge is 0.481 e. The van der Waals surface area contributed by atoms with Gasteiger partial charge < -0.3 is 20.5 Å². The number of hydrogen-bond acceptors (Lipinski definition) is 5. The Morgan fingerprint density at radius 2 is 1.54 bits per heavy atom. The standard InChI is InChI=1S/C30H28N4O5/c35-28(36)16-27(29(37)31-17-21-14-15-34(33-21)18-20-8-2-1-3-9-20)32-30(38)39-19-26-24-12-6-4-10-22(24)23-11-5-7-13-25(23)26/h1-15,26-27H,16-19H2,(H,31,37)(H,32,38)(H,35,36). The van der Waals surface area contributed by atoms with Gasteiger partial charge in [0.15, 0.2) is 0 Å². The molecule has 3 aromatic carbocycles. The van der Waals surface area contributed by atoms with Crippen LogP contribution in [0.5, 0.6) is 0 Å². The second kappa shape index (κ2) is 11.6. The highest BCUT2D eigenvalue weighted by Gasteiger charge is 2.30. The molecular formula is C30H28N4O5. The number of carbonyl (C=O) groups is 3. The lowest BCUT2D eigenvalue weighted by molar-refractivity contribution is -0.139. The average Bonchev–Trinajstić information content (AvgIpc) is 3.52. The zero-order valence-corrected chi connectivity index (χ0v) is 21.1. The zero-order valence-electron chi connectivity index (χ0n) is 21.1. The topological polar surface area (TPSA) is 123 Å². The van der Waals surface area contributed by atoms with Gasteiger partial charge in [-0.1, -0.05) is 78.9 Å². The third kappa shape index (κ3) is 6.15. The van der Waals surface area contributed by atoms with Crippen molar-refractivity contribution in [2.24, 2.45) is 0 Å². The van der Waals surface area contributed by atoms with Crippen LogP contribution in [0.4, 0.5) is 4.79 Å². The van der Waals surface area contributed by atoms with Gasteiger partial charge in [0.2, 0.25) is 5.91 Å². The molecule has 1 aromatic heterocycles. The summed E-state index contributed by atoms with van der Waals surface area (Å²) in [6, 6.07) is 26.2. The fourth-order valence-corrected chi connectivity index (χ4v) is 4.82. The van der Waals surface area contributed by atoms with Crippen LogP contribution in [0.15, 0.2) is 91.1 Å². The maximum absolute atomic E-state index is 12.8. The first kappa shape index (κ1) is 25.7. The van der Waals surface area contributed by atoms with Crippen LogP contribution in [0, 0.1) is 0 Å². The number of ether oxygens (including phenoxy) is 1. The van der Waals surface area contributed by atoms with Crippen LogP contribution >= 0.6 is 0 Å². The van der Waals surface area contributed by atoms with Crippen molar-refractivity contribution in [1.82, 2.24) is 20.4 Å². The van der Waals surface area contributed by atoms with E-state index in [1.807, 2.05) is 78.9 Å². The number of nitrogens with zero attached hydrogens (tertiary/aromatic N) is 2. The fourth-order valence-electron chi connectivity index (χ4n) is 4.82. The Labute approximate surface area is 225 Å². The first-order valence-electron chi connectivity index (χ1n) is 12.6. The molecule has 0 radical (unpaired) electrons. The van der Waals surface area contributed by atoms with Crippen LogP contribution < -0.4 is 10.6 Å². The van der Waals surface area contributed by atoms with E-state index in [2.05, 4.69) is 15.7 Å². The van der Waals surface area contributed by atoms with Crippen molar-refractivity contribution in [2.75, 3.05) is 6.61 Å². The van der Waals surface area contributed by atoms with Gasteiger partial charge in [-0.05, 0) is 33.9 Å². The number of hydrogen-bond donors (Lipinski definition) is 3. The maximum atomic E-state index is 12.8. The van der Waals surface area contributed by atoms with Crippen molar-refractivity contribution >= 4 is 18.0 Å². The van der Waals surface area contributed by atoms with Crippen LogP contribution in [0.25, 0.3) is 11.1 Å². The Balaban J connectivity index is 1.17. The number of alkyl carbamates (subject to hydrolysis) is 1. The summed E-state index contributed by atoms with van der Waals surface area (Å²) >= 11 is 0. The molecule has 0 saturated carbocycles. The predicted octanol–water partition coefficient (Wildman–Crippen LogP) is 3.93. The Hall–Kier alpha value is -4.92. The Kier molecular flexibility index (Phi) is 7.68. The Morgan fingerprint density at radius 3 is 2.21 bits per heavy atom. The molecule has 1 heterocycles. The lowest BCUT2D eigenvalue weighted by Crippen LogP contribution is -2.48. The predicted molar refractivity (Wildman–Crippen MR) is 144 cm³/mol. The number of carbonyl (C=O) groups excluding carboxylic acids is 2. The highest BCUT2D eigenvalue weighted by atomic mass is 16.5. The molecule has 1 aliphatic carbocycles. The molecule has 9 nitrogen and oxygen atoms in total. The molecule has 1 aliphatic rings. The number of aliphatic carboxylic acids is 1. The molecule has 5 rings (SSSR count). The fraction of sp³-hybridized carbons (Fsp3) is 0.200. The minimum absolute atomic E-state index is 0.0557. The molecule has 1 unspecified atom stereocenters. The molecule has 9 heteroatoms. The minimum Gasteiger partial charge on any atom is -0.481 e. The smallest absolute Gasteiger partial charge is 0.407 e. The highest BCUT2D eigenvalue weighted by molar-refractivity contribution is 5.89. The number of benzene rings is 3. The average molecular weight is 525 g/mol. The van der Waals surface area contributed by atoms with Gasteiger partial charge in [0.1, 0.15) is 12.6 Å². The molecule has 0 aliphatic heterocycles. The normalized spacial score (nSPS) is 12.7. The second-order valence-electron chi connectivity index (χ2n) is 9.33. The minimum atomic E-state index is -1.30. The van der Waals surface area contributed by atoms with Crippen molar-refractivity contribution in [1.29, 1.82) is 0 Å². The van der Waals surface area contributed by atoms with Crippen LogP contribution in [0.3, 0.4) is 0 Å². The third-order valence-electron chi connectivity index (χ3n) is 6.66. The van der Waals surface area contributed by atoms with Gasteiger partial charge in [-0.15, -0.1) is 0 Å². The molecule has 39 heavy (non-hydrogen) atoms. The number of fused-ring (bicyclic) bond motifs is 3. The van der Waals surface area contributed by atoms with Crippen molar-refractivity contribution in [3.8, 4) is 11.1 Å². The van der Waals surface area contributed by atoms with Crippen LogP contribution in [-0.4, -0.2) is 45.5 Å². The summed E-state index contributed by atoms with van der Waals surface area (Å²) in [6.07, 6.45) is 0.363. The lowest BCUT2D eigenvalue weighted by atomic mass is 9.98. The quantitative estimate of drug-likeness (QED) is 0.289. The SMILES string of the molecule is O=C(O)CC(NC(=O)OCC1c2ccccc2-c2ccccc21)C(=O)NCc1ccn(Cc2ccccc2)n1. The van der Waals surface area contributed by atoms with Crippen LogP contribution in [0.2, 0.25) is 0 Å². The number of amides is 2. The van der Waals surface area contributed by atoms with Crippen molar-refractivity contribution in [3.63, 3.8) is 0 Å². The molecule has 2 amide bonds. The lowest BCUT2D eigenvalue weighted by Gasteiger charge is -2.18. The van der Waals surface area contributed by atoms with Gasteiger partial charge in [-0.25, -0.2) is 4.79 Å². The summed E-state index contributed by atoms with van der Waals surface area (Å²) in [5, 5.41) is 18.8. The van der Waals surface area contributed by atoms with Gasteiger partial charge in [0.25, 0.3) is 0 Å². The summed E-state index contributed by atoms with van der Waals surface area (Å²) < 4.78 is 7.24. The van der Waals surface area contributed by atoms with Gasteiger partial charge >= 0.3 is 12.1 Å². The highest BCUT2D eigenvalue weighted by Crippen LogP contribution is 2.44. The van der Waals surface area contributed by atoms with Gasteiger partial charge in [-0.2, -0.15) is 5.10 Å². The summed E-state index contributed by atoms with van der Waals surface area (Å²) in [5.74, 6) is -2.01. The number of carboxylic acids is 1. The molecule has 0 bridgehead atoms. The number of carboxylic acid groups (broad SMARTS) is 1. The summed E-state index contributed by atoms with van der Waals surface area (Å²) in [5.41, 5.74) is 5.99. The Bertz CT molecular complexity index is 1440. The number of aromatic nitrogens is 2. The van der Waals surface area contributed by atoms with Gasteiger partial charge in [0.05, 0.1) is 25.2 Å². The van der Waals surface area contributed by atoms with E-state index in [0.717, 1.165) is 27.8 Å². The number of rotatable bonds is 10. The van der Waals surface area contributed by atoms with Crippen molar-refractivity contribution in [2.45, 2.75) is 31.5 Å². The van der Waals surface area contributed by atoms with E-state index in [-0.39, 0.29) is 19.1 Å². The molecule has 0 fully saturated rings. The van der Waals surface area contributed by atoms with Gasteiger partial charge in [-0.3, -0.25) is 14.3 Å². The van der Waals surface area contributed by atoms with Crippen molar-refractivity contribution < 1.29 is 24.2 Å². The second-order valence-corrected chi connectivity index (χ2v) is 9.33. The molecule has 3 N–H and O–H groups in total. The Morgan fingerprint density at radius 1 is 0.897 bits per heavy atom. The van der Waals surface area contributed by atoms with Crippen LogP contribution in [0.1, 0.15) is 34.7 Å². The van der Waals surface area contributed by atoms with E-state index in [4.69, 9.17) is 4.74 Å². The molecule has 0 saturated heterocycles. The van der Waals surface area contributed by atoms with E-state index in [1.54, 1.807) is 16.9 Å². The summed E-state index contributed by atoms with van der Waals surface area (Å²) in [7, 11) is 0. The molecule has 1 atom stereocenters. The number of nitrogens with one attached hydrogen (secondary N) is 2. The third-order valence-corrected chi connectivity index (χ3v) is 6.66. The molecule has 198 valence electrons. The molecular weight excluding hydrogens is 496 g/mol. The van der Waals surface area contributed by atoms with Crippen molar-refractivity contribution in [3.05, 3.63) is 114 Å². The van der Waals surface area contributed by atoms with E-state index >= 15 is 0 Å². The monoisotopic (exact) mass is 524 g/mol. The first-order valence-corrected chi connectivity index (χ1v) is 12.6. The zero-order chi connectivity index (χ0) is 27.2. The van der Waals surface area contributed by atoms with E-state index in [9.17, 15) is 19.5 Å². The van der Waals surface area contributed by atoms with E-state index in [0.29, 0.717) is 12.2 Å². The van der Waals surface area contributed by atoms with E-state index in [1.165, 1.54) is 0 Å².